The molecule has 26 heteroatoms. The molecule has 2 heterocycles. The number of hydrogen-bond donors (Lipinski definition) is 9. The summed E-state index contributed by atoms with van der Waals surface area (Å²) < 4.78 is 34.4. The highest BCUT2D eigenvalue weighted by Gasteiger charge is 2.51. The van der Waals surface area contributed by atoms with E-state index in [1.807, 2.05) is 32.0 Å². The average Bonchev–Trinajstić information content (AvgIpc) is 1.72. The van der Waals surface area contributed by atoms with E-state index in [2.05, 4.69) is 33.1 Å². The molecule has 2 aliphatic carbocycles. The van der Waals surface area contributed by atoms with Gasteiger partial charge in [-0.3, -0.25) is 28.9 Å². The third kappa shape index (κ3) is 19.5. The second kappa shape index (κ2) is 34.9. The van der Waals surface area contributed by atoms with Crippen molar-refractivity contribution in [2.45, 2.75) is 199 Å². The number of aliphatic hydroxyl groups is 4. The molecule has 9 N–H and O–H groups in total. The van der Waals surface area contributed by atoms with Crippen molar-refractivity contribution < 1.29 is 92.3 Å². The number of likely N-dealkylation sites (N-methyl/N-ethyl adjacent to an activating group) is 2. The lowest BCUT2D eigenvalue weighted by Crippen LogP contribution is -2.61. The number of fused-ring (bicyclic) bond motifs is 1. The Labute approximate surface area is 545 Å². The Hall–Kier alpha value is -7.12. The quantitative estimate of drug-likeness (QED) is 0.0474. The number of carbonyl (C=O) groups excluding carboxylic acids is 7. The number of hydrogen-bond acceptors (Lipinski definition) is 18. The zero-order valence-corrected chi connectivity index (χ0v) is 55.7. The van der Waals surface area contributed by atoms with Crippen LogP contribution in [0.1, 0.15) is 130 Å². The van der Waals surface area contributed by atoms with Gasteiger partial charge in [-0.2, -0.15) is 0 Å². The summed E-state index contributed by atoms with van der Waals surface area (Å²) in [6, 6.07) is 9.05. The van der Waals surface area contributed by atoms with Crippen LogP contribution >= 0.6 is 0 Å². The fourth-order valence-electron chi connectivity index (χ4n) is 13.1. The average molecular weight is 1310 g/mol. The number of carboxylic acids is 1. The summed E-state index contributed by atoms with van der Waals surface area (Å²) in [4.78, 5) is 114. The van der Waals surface area contributed by atoms with Gasteiger partial charge in [0.15, 0.2) is 6.10 Å². The zero-order valence-electron chi connectivity index (χ0n) is 55.7. The van der Waals surface area contributed by atoms with E-state index in [0.29, 0.717) is 43.2 Å². The number of ether oxygens (including phenoxy) is 6. The second-order valence-corrected chi connectivity index (χ2v) is 25.8. The SMILES string of the molecule is CC[C@H](C)[C@@H]([C@@H](CC(=O)N1CCC[C@H]1[C@H](OC)[C@@H](C)C(=O)N[C@H](C)[C@@H](O)c1ccccc1)OC)N(C)C(=O)[C@@H](NC(=O)[C@H](C(C)C)N(C)C(=O)OCc1ccc(O[C@@H]2OC(C(=O)O)[C@@H](O)[C@H](O)C2O)c(NC(=O)CCNC(=O)OCC2[C@H]3CCC#CCC[C@@H]23)c1)C(C)C. The number of benzene rings is 2. The molecule has 0 bridgehead atoms. The summed E-state index contributed by atoms with van der Waals surface area (Å²) in [5, 5.41) is 63.2. The molecule has 1 saturated carbocycles. The molecule has 2 aliphatic heterocycles. The van der Waals surface area contributed by atoms with Crippen LogP contribution in [0.3, 0.4) is 0 Å². The Morgan fingerprint density at radius 3 is 2.06 bits per heavy atom. The van der Waals surface area contributed by atoms with Crippen LogP contribution in [0.25, 0.3) is 0 Å². The van der Waals surface area contributed by atoms with Gasteiger partial charge in [0.05, 0.1) is 61.1 Å². The molecule has 2 aromatic rings. The Balaban J connectivity index is 1.10. The van der Waals surface area contributed by atoms with Crippen LogP contribution in [0.4, 0.5) is 15.3 Å². The standard InChI is InChI=1S/C67H99N7O19/c1-13-38(6)54(49(88-11)33-51(76)74-31-21-26-47(74)59(89-12)39(7)61(81)69-40(8)55(77)42-22-17-16-18-23-42)72(9)63(83)52(36(2)3)71-62(82)53(37(4)5)73(10)67(87)91-34-41-27-28-48(92-65-58(80)56(78)57(79)60(93-65)64(84)85)46(32-41)70-50(75)29-30-68-66(86)90-35-45-43-24-19-14-15-20-25-44(43)45/h16-18,22-23,27-28,32,36-40,43-45,47,49,52-60,65,77-80H,13,19-21,24-26,29-31,33-35H2,1-12H3,(H,68,86)(H,69,81)(H,70,75)(H,71,82)(H,84,85)/t38-,39+,40+,43-,44+,45?,47-,49+,52-,53-,54-,55+,56-,57-,58?,59+,60?,65+/m0/s1. The van der Waals surface area contributed by atoms with Gasteiger partial charge in [0.25, 0.3) is 0 Å². The van der Waals surface area contributed by atoms with Gasteiger partial charge in [0.2, 0.25) is 35.8 Å². The largest absolute Gasteiger partial charge is 0.479 e. The maximum Gasteiger partial charge on any atom is 0.410 e. The topological polar surface area (TPSA) is 351 Å². The first-order valence-electron chi connectivity index (χ1n) is 32.4. The summed E-state index contributed by atoms with van der Waals surface area (Å²) >= 11 is 0. The van der Waals surface area contributed by atoms with Gasteiger partial charge in [-0.15, -0.1) is 11.8 Å². The number of nitrogens with zero attached hydrogens (tertiary/aromatic N) is 3. The van der Waals surface area contributed by atoms with Crippen LogP contribution in [0.15, 0.2) is 48.5 Å². The second-order valence-electron chi connectivity index (χ2n) is 25.8. The van der Waals surface area contributed by atoms with Gasteiger partial charge in [-0.05, 0) is 91.4 Å². The van der Waals surface area contributed by atoms with Crippen molar-refractivity contribution in [1.29, 1.82) is 0 Å². The monoisotopic (exact) mass is 1310 g/mol. The van der Waals surface area contributed by atoms with E-state index in [4.69, 9.17) is 28.4 Å². The minimum absolute atomic E-state index is 0.0932. The molecule has 3 unspecified atom stereocenters. The number of amides is 7. The summed E-state index contributed by atoms with van der Waals surface area (Å²) in [7, 11) is 5.96. The number of anilines is 1. The van der Waals surface area contributed by atoms with Gasteiger partial charge in [0, 0.05) is 60.7 Å². The molecule has 2 saturated heterocycles. The molecule has 516 valence electrons. The number of alkyl carbamates (subject to hydrolysis) is 1. The first-order chi connectivity index (χ1) is 44.1. The Kier molecular flexibility index (Phi) is 28.1. The maximum atomic E-state index is 14.9. The Bertz CT molecular complexity index is 2910. The number of aliphatic hydroxyl groups excluding tert-OH is 4. The molecule has 0 radical (unpaired) electrons. The highest BCUT2D eigenvalue weighted by molar-refractivity contribution is 5.93. The summed E-state index contributed by atoms with van der Waals surface area (Å²) in [6.45, 7) is 14.4. The van der Waals surface area contributed by atoms with Gasteiger partial charge < -0.3 is 85.0 Å². The predicted octanol–water partition coefficient (Wildman–Crippen LogP) is 4.34. The Morgan fingerprint density at radius 1 is 0.796 bits per heavy atom. The number of likely N-dealkylation sites (tertiary alicyclic amines) is 1. The van der Waals surface area contributed by atoms with Crippen molar-refractivity contribution >= 4 is 53.4 Å². The van der Waals surface area contributed by atoms with Crippen LogP contribution in [-0.4, -0.2) is 209 Å². The van der Waals surface area contributed by atoms with Crippen LogP contribution in [0.5, 0.6) is 5.75 Å². The third-order valence-corrected chi connectivity index (χ3v) is 18.7. The van der Waals surface area contributed by atoms with E-state index in [-0.39, 0.29) is 66.6 Å². The van der Waals surface area contributed by atoms with E-state index in [0.717, 1.165) is 30.6 Å². The summed E-state index contributed by atoms with van der Waals surface area (Å²) in [5.41, 5.74) is 0.824. The van der Waals surface area contributed by atoms with E-state index in [1.54, 1.807) is 65.6 Å². The van der Waals surface area contributed by atoms with E-state index < -0.39 is 139 Å². The number of rotatable bonds is 31. The molecule has 26 nitrogen and oxygen atoms in total. The lowest BCUT2D eigenvalue weighted by Gasteiger charge is -2.41. The van der Waals surface area contributed by atoms with E-state index in [1.165, 1.54) is 44.4 Å². The fraction of sp³-hybridized carbons (Fsp3) is 0.672. The van der Waals surface area contributed by atoms with Crippen molar-refractivity contribution in [2.75, 3.05) is 53.3 Å². The minimum Gasteiger partial charge on any atom is -0.479 e. The lowest BCUT2D eigenvalue weighted by atomic mass is 9.89. The summed E-state index contributed by atoms with van der Waals surface area (Å²) in [6.07, 6.45) is -8.96. The van der Waals surface area contributed by atoms with Crippen molar-refractivity contribution in [2.24, 2.45) is 41.4 Å². The zero-order chi connectivity index (χ0) is 68.5. The first-order valence-corrected chi connectivity index (χ1v) is 32.4. The van der Waals surface area contributed by atoms with Crippen LogP contribution < -0.4 is 26.0 Å². The highest BCUT2D eigenvalue weighted by atomic mass is 16.7. The number of nitrogens with one attached hydrogen (secondary N) is 4. The smallest absolute Gasteiger partial charge is 0.410 e. The molecule has 3 fully saturated rings. The van der Waals surface area contributed by atoms with Crippen LogP contribution in [-0.2, 0) is 59.1 Å². The lowest BCUT2D eigenvalue weighted by molar-refractivity contribution is -0.271. The molecule has 4 aliphatic rings. The molecule has 7 amide bonds. The van der Waals surface area contributed by atoms with Gasteiger partial charge >= 0.3 is 18.2 Å². The number of carboxylic acid groups (broad SMARTS) is 1. The normalized spacial score (nSPS) is 24.6. The van der Waals surface area contributed by atoms with Gasteiger partial charge in [-0.1, -0.05) is 91.3 Å². The van der Waals surface area contributed by atoms with Gasteiger partial charge in [-0.25, -0.2) is 14.4 Å². The number of carbonyl (C=O) groups is 8. The van der Waals surface area contributed by atoms with Gasteiger partial charge in [0.1, 0.15) is 42.8 Å². The first kappa shape index (κ1) is 74.9. The third-order valence-electron chi connectivity index (χ3n) is 18.7. The fourth-order valence-corrected chi connectivity index (χ4v) is 13.1. The van der Waals surface area contributed by atoms with Crippen LogP contribution in [0.2, 0.25) is 0 Å². The van der Waals surface area contributed by atoms with Crippen LogP contribution in [0, 0.1) is 53.3 Å². The highest BCUT2D eigenvalue weighted by Crippen LogP contribution is 2.52. The molecular formula is C67H99N7O19. The van der Waals surface area contributed by atoms with Crippen molar-refractivity contribution in [3.8, 4) is 17.6 Å². The molecule has 0 aromatic heterocycles. The minimum atomic E-state index is -2.01. The molecule has 2 aromatic carbocycles. The van der Waals surface area contributed by atoms with Crippen molar-refractivity contribution in [3.63, 3.8) is 0 Å². The van der Waals surface area contributed by atoms with Crippen molar-refractivity contribution in [3.05, 3.63) is 59.7 Å². The maximum absolute atomic E-state index is 14.9. The number of methoxy groups -OCH3 is 2. The number of aliphatic carboxylic acids is 1. The molecule has 6 rings (SSSR count). The van der Waals surface area contributed by atoms with E-state index in [9.17, 15) is 63.9 Å². The van der Waals surface area contributed by atoms with E-state index >= 15 is 0 Å². The van der Waals surface area contributed by atoms with Crippen molar-refractivity contribution in [1.82, 2.24) is 30.7 Å². The molecule has 0 spiro atoms. The molecule has 18 atom stereocenters. The Morgan fingerprint density at radius 2 is 1.46 bits per heavy atom. The molecule has 93 heavy (non-hydrogen) atoms. The summed E-state index contributed by atoms with van der Waals surface area (Å²) in [5.74, 6) is 1.34. The molecular weight excluding hydrogens is 1210 g/mol. The predicted molar refractivity (Wildman–Crippen MR) is 339 cm³/mol.